The van der Waals surface area contributed by atoms with Gasteiger partial charge in [0.05, 0.1) is 0 Å². The van der Waals surface area contributed by atoms with Crippen LogP contribution in [0.4, 0.5) is 0 Å². The van der Waals surface area contributed by atoms with E-state index < -0.39 is 0 Å². The van der Waals surface area contributed by atoms with Crippen molar-refractivity contribution in [2.45, 2.75) is 73.3 Å². The highest BCUT2D eigenvalue weighted by molar-refractivity contribution is 5.25. The van der Waals surface area contributed by atoms with E-state index in [1.165, 1.54) is 37.0 Å². The van der Waals surface area contributed by atoms with Crippen LogP contribution in [0.1, 0.15) is 67.2 Å². The molecule has 1 fully saturated rings. The number of hydrogen-bond donors (Lipinski definition) is 0. The van der Waals surface area contributed by atoms with Crippen LogP contribution in [0.3, 0.4) is 0 Å². The Morgan fingerprint density at radius 3 is 2.22 bits per heavy atom. The van der Waals surface area contributed by atoms with E-state index in [9.17, 15) is 0 Å². The first-order valence-electron chi connectivity index (χ1n) is 7.47. The summed E-state index contributed by atoms with van der Waals surface area (Å²) >= 11 is 0. The maximum Gasteiger partial charge on any atom is 0.0308 e. The van der Waals surface area contributed by atoms with Crippen LogP contribution >= 0.6 is 0 Å². The molecule has 1 aliphatic carbocycles. The van der Waals surface area contributed by atoms with Crippen LogP contribution in [0, 0.1) is 11.3 Å². The molecule has 0 aromatic heterocycles. The van der Waals surface area contributed by atoms with Gasteiger partial charge in [0.2, 0.25) is 0 Å². The van der Waals surface area contributed by atoms with Crippen LogP contribution < -0.4 is 0 Å². The van der Waals surface area contributed by atoms with Crippen molar-refractivity contribution in [1.82, 2.24) is 4.90 Å². The third-order valence-corrected chi connectivity index (χ3v) is 4.17. The van der Waals surface area contributed by atoms with Gasteiger partial charge in [-0.2, -0.15) is 0 Å². The van der Waals surface area contributed by atoms with E-state index in [-0.39, 0.29) is 5.41 Å². The minimum atomic E-state index is 0.232. The summed E-state index contributed by atoms with van der Waals surface area (Å²) < 4.78 is 0. The molecule has 2 aliphatic rings. The predicted molar refractivity (Wildman–Crippen MR) is 79.2 cm³/mol. The van der Waals surface area contributed by atoms with Crippen molar-refractivity contribution in [2.75, 3.05) is 0 Å². The maximum absolute atomic E-state index is 2.58. The Bertz CT molecular complexity index is 373. The van der Waals surface area contributed by atoms with Gasteiger partial charge in [-0.15, -0.1) is 0 Å². The van der Waals surface area contributed by atoms with Gasteiger partial charge in [0.15, 0.2) is 0 Å². The fraction of sp³-hybridized carbons (Fsp3) is 0.765. The van der Waals surface area contributed by atoms with Crippen molar-refractivity contribution in [1.29, 1.82) is 0 Å². The third kappa shape index (κ3) is 2.81. The van der Waals surface area contributed by atoms with Gasteiger partial charge >= 0.3 is 0 Å². The van der Waals surface area contributed by atoms with Crippen molar-refractivity contribution < 1.29 is 0 Å². The fourth-order valence-corrected chi connectivity index (χ4v) is 3.33. The summed E-state index contributed by atoms with van der Waals surface area (Å²) in [5.41, 5.74) is 4.92. The fourth-order valence-electron chi connectivity index (χ4n) is 3.33. The number of nitrogens with zero attached hydrogens (tertiary/aromatic N) is 1. The number of hydrogen-bond acceptors (Lipinski definition) is 1. The molecule has 0 bridgehead atoms. The normalized spacial score (nSPS) is 24.9. The number of allylic oxidation sites excluding steroid dienone is 3. The third-order valence-electron chi connectivity index (χ3n) is 4.17. The molecule has 0 spiro atoms. The molecule has 1 aliphatic heterocycles. The van der Waals surface area contributed by atoms with Crippen molar-refractivity contribution in [3.05, 3.63) is 23.0 Å². The standard InChI is InChI=1S/C17H29N/c1-12(2)16(17(4,5)6)18-11-15(14-9-10-14)8-7-13(18)3/h11,13-14H,7-10H2,1-6H3. The Hall–Kier alpha value is -0.720. The highest BCUT2D eigenvalue weighted by Crippen LogP contribution is 2.43. The van der Waals surface area contributed by atoms with Crippen molar-refractivity contribution in [2.24, 2.45) is 11.3 Å². The average Bonchev–Trinajstić information content (AvgIpc) is 3.01. The molecule has 1 saturated carbocycles. The van der Waals surface area contributed by atoms with E-state index in [2.05, 4.69) is 52.6 Å². The summed E-state index contributed by atoms with van der Waals surface area (Å²) in [5.74, 6) is 0.915. The van der Waals surface area contributed by atoms with Gasteiger partial charge in [-0.25, -0.2) is 0 Å². The highest BCUT2D eigenvalue weighted by Gasteiger charge is 2.33. The first-order chi connectivity index (χ1) is 8.30. The molecule has 0 aromatic rings. The molecular weight excluding hydrogens is 218 g/mol. The Morgan fingerprint density at radius 2 is 1.78 bits per heavy atom. The Morgan fingerprint density at radius 1 is 1.17 bits per heavy atom. The zero-order valence-electron chi connectivity index (χ0n) is 13.0. The van der Waals surface area contributed by atoms with E-state index in [1.54, 1.807) is 5.57 Å². The SMILES string of the molecule is CC(C)=C(N1C=C(C2CC2)CCC1C)C(C)(C)C. The first-order valence-corrected chi connectivity index (χ1v) is 7.47. The largest absolute Gasteiger partial charge is 0.348 e. The molecule has 18 heavy (non-hydrogen) atoms. The topological polar surface area (TPSA) is 3.24 Å². The molecule has 2 rings (SSSR count). The van der Waals surface area contributed by atoms with Crippen LogP contribution in [0.25, 0.3) is 0 Å². The second kappa shape index (κ2) is 4.75. The van der Waals surface area contributed by atoms with E-state index in [1.807, 2.05) is 0 Å². The van der Waals surface area contributed by atoms with Crippen LogP contribution in [0.15, 0.2) is 23.0 Å². The molecule has 102 valence electrons. The summed E-state index contributed by atoms with van der Waals surface area (Å²) in [6, 6.07) is 0.650. The molecule has 1 heterocycles. The Kier molecular flexibility index (Phi) is 3.62. The molecule has 1 unspecified atom stereocenters. The summed E-state index contributed by atoms with van der Waals surface area (Å²) in [4.78, 5) is 2.58. The molecule has 0 amide bonds. The smallest absolute Gasteiger partial charge is 0.0308 e. The highest BCUT2D eigenvalue weighted by atomic mass is 15.2. The summed E-state index contributed by atoms with van der Waals surface area (Å²) in [5, 5.41) is 0. The van der Waals surface area contributed by atoms with Crippen molar-refractivity contribution in [3.63, 3.8) is 0 Å². The molecular formula is C17H29N. The monoisotopic (exact) mass is 247 g/mol. The second-order valence-corrected chi connectivity index (χ2v) is 7.37. The van der Waals surface area contributed by atoms with Crippen molar-refractivity contribution in [3.8, 4) is 0 Å². The number of rotatable bonds is 2. The Labute approximate surface area is 113 Å². The molecule has 0 N–H and O–H groups in total. The zero-order chi connectivity index (χ0) is 13.5. The van der Waals surface area contributed by atoms with E-state index >= 15 is 0 Å². The lowest BCUT2D eigenvalue weighted by Crippen LogP contribution is -2.36. The molecule has 1 heteroatoms. The summed E-state index contributed by atoms with van der Waals surface area (Å²) in [7, 11) is 0. The van der Waals surface area contributed by atoms with Crippen LogP contribution in [-0.4, -0.2) is 10.9 Å². The lowest BCUT2D eigenvalue weighted by Gasteiger charge is -2.41. The molecule has 1 atom stereocenters. The van der Waals surface area contributed by atoms with Gasteiger partial charge in [-0.3, -0.25) is 0 Å². The maximum atomic E-state index is 2.58. The minimum Gasteiger partial charge on any atom is -0.348 e. The van der Waals surface area contributed by atoms with Gasteiger partial charge in [0.1, 0.15) is 0 Å². The lowest BCUT2D eigenvalue weighted by atomic mass is 9.86. The van der Waals surface area contributed by atoms with E-state index in [0.29, 0.717) is 6.04 Å². The summed E-state index contributed by atoms with van der Waals surface area (Å²) in [6.07, 6.45) is 7.97. The van der Waals surface area contributed by atoms with Crippen LogP contribution in [0.2, 0.25) is 0 Å². The van der Waals surface area contributed by atoms with Crippen LogP contribution in [-0.2, 0) is 0 Å². The van der Waals surface area contributed by atoms with Crippen molar-refractivity contribution >= 4 is 0 Å². The van der Waals surface area contributed by atoms with Crippen LogP contribution in [0.5, 0.6) is 0 Å². The summed E-state index contributed by atoms with van der Waals surface area (Å²) in [6.45, 7) is 13.9. The van der Waals surface area contributed by atoms with Gasteiger partial charge in [-0.05, 0) is 52.4 Å². The molecule has 0 aromatic carbocycles. The lowest BCUT2D eigenvalue weighted by molar-refractivity contribution is 0.251. The first kappa shape index (κ1) is 13.7. The minimum absolute atomic E-state index is 0.232. The van der Waals surface area contributed by atoms with E-state index in [4.69, 9.17) is 0 Å². The zero-order valence-corrected chi connectivity index (χ0v) is 13.0. The van der Waals surface area contributed by atoms with Gasteiger partial charge < -0.3 is 4.90 Å². The van der Waals surface area contributed by atoms with Gasteiger partial charge in [-0.1, -0.05) is 31.9 Å². The molecule has 1 nitrogen and oxygen atoms in total. The quantitative estimate of drug-likeness (QED) is 0.656. The van der Waals surface area contributed by atoms with Gasteiger partial charge in [0.25, 0.3) is 0 Å². The van der Waals surface area contributed by atoms with E-state index in [0.717, 1.165) is 5.92 Å². The molecule has 0 radical (unpaired) electrons. The predicted octanol–water partition coefficient (Wildman–Crippen LogP) is 5.10. The second-order valence-electron chi connectivity index (χ2n) is 7.37. The molecule has 0 saturated heterocycles. The van der Waals surface area contributed by atoms with Gasteiger partial charge in [0, 0.05) is 23.4 Å². The Balaban J connectivity index is 2.33. The average molecular weight is 247 g/mol.